The van der Waals surface area contributed by atoms with E-state index in [9.17, 15) is 4.79 Å². The minimum absolute atomic E-state index is 0. The van der Waals surface area contributed by atoms with Crippen molar-refractivity contribution in [1.82, 2.24) is 10.6 Å². The lowest BCUT2D eigenvalue weighted by atomic mass is 9.83. The van der Waals surface area contributed by atoms with Crippen LogP contribution in [0.4, 0.5) is 0 Å². The van der Waals surface area contributed by atoms with Gasteiger partial charge >= 0.3 is 0 Å². The predicted molar refractivity (Wildman–Crippen MR) is 75.9 cm³/mol. The molecule has 3 nitrogen and oxygen atoms in total. The molecule has 2 aliphatic heterocycles. The first-order valence-corrected chi connectivity index (χ1v) is 7.35. The van der Waals surface area contributed by atoms with Gasteiger partial charge in [0.1, 0.15) is 0 Å². The normalized spacial score (nSPS) is 32.9. The summed E-state index contributed by atoms with van der Waals surface area (Å²) in [7, 11) is 0. The first-order chi connectivity index (χ1) is 7.70. The van der Waals surface area contributed by atoms with E-state index >= 15 is 0 Å². The zero-order chi connectivity index (χ0) is 11.4. The first-order valence-electron chi connectivity index (χ1n) is 6.30. The van der Waals surface area contributed by atoms with Crippen LogP contribution in [0, 0.1) is 5.41 Å². The number of halogens is 1. The number of carbonyl (C=O) groups excluding carboxylic acids is 1. The van der Waals surface area contributed by atoms with Crippen LogP contribution in [0.15, 0.2) is 0 Å². The van der Waals surface area contributed by atoms with Crippen LogP contribution in [0.3, 0.4) is 0 Å². The highest BCUT2D eigenvalue weighted by molar-refractivity contribution is 8.00. The van der Waals surface area contributed by atoms with E-state index in [0.717, 1.165) is 31.8 Å². The Bertz CT molecular complexity index is 251. The maximum Gasteiger partial charge on any atom is 0.233 e. The molecule has 0 spiro atoms. The standard InChI is InChI=1S/C12H22N2OS.ClH/c1-12(5-3-6-13-8-12)9-14-11(15)10-4-2-7-16-10;/h10,13H,2-9H2,1H3,(H,14,15);1H. The van der Waals surface area contributed by atoms with Gasteiger partial charge in [0.15, 0.2) is 0 Å². The third kappa shape index (κ3) is 4.34. The van der Waals surface area contributed by atoms with E-state index in [1.54, 1.807) is 0 Å². The summed E-state index contributed by atoms with van der Waals surface area (Å²) in [4.78, 5) is 11.9. The lowest BCUT2D eigenvalue weighted by molar-refractivity contribution is -0.121. The van der Waals surface area contributed by atoms with Crippen LogP contribution >= 0.6 is 24.2 Å². The van der Waals surface area contributed by atoms with Gasteiger partial charge in [-0.05, 0) is 43.4 Å². The Morgan fingerprint density at radius 2 is 2.35 bits per heavy atom. The summed E-state index contributed by atoms with van der Waals surface area (Å²) in [5.74, 6) is 1.41. The quantitative estimate of drug-likeness (QED) is 0.827. The van der Waals surface area contributed by atoms with Crippen LogP contribution in [0.25, 0.3) is 0 Å². The summed E-state index contributed by atoms with van der Waals surface area (Å²) in [6.45, 7) is 5.25. The van der Waals surface area contributed by atoms with Gasteiger partial charge in [-0.25, -0.2) is 0 Å². The summed E-state index contributed by atoms with van der Waals surface area (Å²) in [6, 6.07) is 0. The van der Waals surface area contributed by atoms with Gasteiger partial charge in [-0.2, -0.15) is 0 Å². The third-order valence-corrected chi connectivity index (χ3v) is 4.97. The van der Waals surface area contributed by atoms with Crippen LogP contribution < -0.4 is 10.6 Å². The molecule has 0 aromatic heterocycles. The molecule has 100 valence electrons. The smallest absolute Gasteiger partial charge is 0.233 e. The van der Waals surface area contributed by atoms with E-state index in [0.29, 0.717) is 0 Å². The van der Waals surface area contributed by atoms with Crippen molar-refractivity contribution in [2.24, 2.45) is 5.41 Å². The molecule has 0 bridgehead atoms. The van der Waals surface area contributed by atoms with Crippen LogP contribution in [0.1, 0.15) is 32.6 Å². The fraction of sp³-hybridized carbons (Fsp3) is 0.917. The van der Waals surface area contributed by atoms with Crippen molar-refractivity contribution in [2.75, 3.05) is 25.4 Å². The van der Waals surface area contributed by atoms with Crippen LogP contribution in [0.5, 0.6) is 0 Å². The molecule has 5 heteroatoms. The summed E-state index contributed by atoms with van der Waals surface area (Å²) in [5, 5.41) is 6.77. The molecule has 17 heavy (non-hydrogen) atoms. The highest BCUT2D eigenvalue weighted by Crippen LogP contribution is 2.27. The second kappa shape index (κ2) is 6.86. The number of carbonyl (C=O) groups is 1. The highest BCUT2D eigenvalue weighted by Gasteiger charge is 2.29. The number of hydrogen-bond acceptors (Lipinski definition) is 3. The van der Waals surface area contributed by atoms with Crippen molar-refractivity contribution in [3.05, 3.63) is 0 Å². The lowest BCUT2D eigenvalue weighted by Crippen LogP contribution is -2.47. The third-order valence-electron chi connectivity index (χ3n) is 3.60. The van der Waals surface area contributed by atoms with E-state index in [2.05, 4.69) is 17.6 Å². The van der Waals surface area contributed by atoms with Gasteiger partial charge in [0.2, 0.25) is 5.91 Å². The molecule has 2 heterocycles. The maximum atomic E-state index is 11.9. The van der Waals surface area contributed by atoms with Crippen molar-refractivity contribution < 1.29 is 4.79 Å². The predicted octanol–water partition coefficient (Wildman–Crippen LogP) is 1.81. The van der Waals surface area contributed by atoms with Crippen LogP contribution in [-0.2, 0) is 4.79 Å². The Kier molecular flexibility index (Phi) is 6.10. The van der Waals surface area contributed by atoms with Crippen molar-refractivity contribution in [2.45, 2.75) is 37.9 Å². The number of amides is 1. The van der Waals surface area contributed by atoms with E-state index in [4.69, 9.17) is 0 Å². The molecule has 2 N–H and O–H groups in total. The monoisotopic (exact) mass is 278 g/mol. The van der Waals surface area contributed by atoms with Gasteiger partial charge in [-0.3, -0.25) is 4.79 Å². The second-order valence-corrected chi connectivity index (χ2v) is 6.62. The summed E-state index contributed by atoms with van der Waals surface area (Å²) < 4.78 is 0. The largest absolute Gasteiger partial charge is 0.355 e. The number of thioether (sulfide) groups is 1. The van der Waals surface area contributed by atoms with Crippen LogP contribution in [-0.4, -0.2) is 36.5 Å². The molecule has 0 saturated carbocycles. The molecular weight excluding hydrogens is 256 g/mol. The Morgan fingerprint density at radius 1 is 1.53 bits per heavy atom. The summed E-state index contributed by atoms with van der Waals surface area (Å²) in [5.41, 5.74) is 0.261. The molecule has 2 aliphatic rings. The molecule has 0 aromatic carbocycles. The van der Waals surface area contributed by atoms with Crippen molar-refractivity contribution >= 4 is 30.1 Å². The average Bonchev–Trinajstić information content (AvgIpc) is 2.80. The summed E-state index contributed by atoms with van der Waals surface area (Å²) in [6.07, 6.45) is 4.70. The molecular formula is C12H23ClN2OS. The van der Waals surface area contributed by atoms with Gasteiger partial charge in [-0.15, -0.1) is 24.2 Å². The average molecular weight is 279 g/mol. The Hall–Kier alpha value is 0.0700. The number of rotatable bonds is 3. The fourth-order valence-electron chi connectivity index (χ4n) is 2.47. The molecule has 0 radical (unpaired) electrons. The Morgan fingerprint density at radius 3 is 2.94 bits per heavy atom. The number of hydrogen-bond donors (Lipinski definition) is 2. The molecule has 2 fully saturated rings. The van der Waals surface area contributed by atoms with Gasteiger partial charge in [0.25, 0.3) is 0 Å². The fourth-order valence-corrected chi connectivity index (χ4v) is 3.65. The molecule has 2 unspecified atom stereocenters. The maximum absolute atomic E-state index is 11.9. The number of nitrogens with one attached hydrogen (secondary N) is 2. The molecule has 2 rings (SSSR count). The van der Waals surface area contributed by atoms with Gasteiger partial charge in [-0.1, -0.05) is 6.92 Å². The van der Waals surface area contributed by atoms with E-state index < -0.39 is 0 Å². The zero-order valence-electron chi connectivity index (χ0n) is 10.5. The van der Waals surface area contributed by atoms with Crippen LogP contribution in [0.2, 0.25) is 0 Å². The lowest BCUT2D eigenvalue weighted by Gasteiger charge is -2.34. The number of piperidine rings is 1. The Balaban J connectivity index is 0.00000144. The van der Waals surface area contributed by atoms with E-state index in [1.165, 1.54) is 19.3 Å². The molecule has 0 aliphatic carbocycles. The van der Waals surface area contributed by atoms with Gasteiger partial charge < -0.3 is 10.6 Å². The molecule has 0 aromatic rings. The molecule has 1 amide bonds. The summed E-state index contributed by atoms with van der Waals surface area (Å²) >= 11 is 1.81. The highest BCUT2D eigenvalue weighted by atomic mass is 35.5. The minimum atomic E-state index is 0. The molecule has 2 saturated heterocycles. The van der Waals surface area contributed by atoms with Crippen molar-refractivity contribution in [3.63, 3.8) is 0 Å². The molecule has 2 atom stereocenters. The SMILES string of the molecule is CC1(CNC(=O)C2CCCS2)CCCNC1.Cl. The van der Waals surface area contributed by atoms with Crippen molar-refractivity contribution in [1.29, 1.82) is 0 Å². The second-order valence-electron chi connectivity index (χ2n) is 5.31. The zero-order valence-corrected chi connectivity index (χ0v) is 12.1. The minimum Gasteiger partial charge on any atom is -0.355 e. The first kappa shape index (κ1) is 15.1. The van der Waals surface area contributed by atoms with E-state index in [1.807, 2.05) is 11.8 Å². The van der Waals surface area contributed by atoms with Gasteiger partial charge in [0.05, 0.1) is 5.25 Å². The topological polar surface area (TPSA) is 41.1 Å². The Labute approximate surface area is 114 Å². The van der Waals surface area contributed by atoms with E-state index in [-0.39, 0.29) is 29.0 Å². The van der Waals surface area contributed by atoms with Crippen molar-refractivity contribution in [3.8, 4) is 0 Å². The van der Waals surface area contributed by atoms with Gasteiger partial charge in [0, 0.05) is 13.1 Å².